The van der Waals surface area contributed by atoms with E-state index in [0.717, 1.165) is 80.2 Å². The van der Waals surface area contributed by atoms with Crippen LogP contribution in [0.3, 0.4) is 0 Å². The van der Waals surface area contributed by atoms with Crippen LogP contribution in [0.1, 0.15) is 44.1 Å². The van der Waals surface area contributed by atoms with Gasteiger partial charge in [0, 0.05) is 61.9 Å². The normalized spacial score (nSPS) is 23.1. The van der Waals surface area contributed by atoms with E-state index in [1.165, 1.54) is 12.8 Å². The predicted octanol–water partition coefficient (Wildman–Crippen LogP) is 3.34. The molecule has 1 spiro atoms. The highest BCUT2D eigenvalue weighted by Crippen LogP contribution is 2.46. The number of aliphatic imine (C=N–C) groups is 1. The molecular weight excluding hydrogens is 438 g/mol. The van der Waals surface area contributed by atoms with Crippen molar-refractivity contribution < 1.29 is 9.59 Å². The average Bonchev–Trinajstić information content (AvgIpc) is 3.78. The van der Waals surface area contributed by atoms with Crippen LogP contribution in [0.4, 0.5) is 5.82 Å². The van der Waals surface area contributed by atoms with Gasteiger partial charge in [0.1, 0.15) is 17.2 Å². The van der Waals surface area contributed by atoms with Gasteiger partial charge in [0.05, 0.1) is 0 Å². The van der Waals surface area contributed by atoms with Gasteiger partial charge in [0.2, 0.25) is 5.91 Å². The average molecular weight is 470 g/mol. The topological polar surface area (TPSA) is 69.1 Å². The number of rotatable bonds is 6. The van der Waals surface area contributed by atoms with Crippen LogP contribution < -0.4 is 4.90 Å². The maximum atomic E-state index is 13.2. The zero-order valence-corrected chi connectivity index (χ0v) is 20.0. The Bertz CT molecular complexity index is 1180. The van der Waals surface area contributed by atoms with Crippen LogP contribution in [0.25, 0.3) is 11.1 Å². The summed E-state index contributed by atoms with van der Waals surface area (Å²) in [5.41, 5.74) is 2.67. The van der Waals surface area contributed by atoms with Gasteiger partial charge >= 0.3 is 0 Å². The highest BCUT2D eigenvalue weighted by molar-refractivity contribution is 6.16. The molecule has 0 atom stereocenters. The Morgan fingerprint density at radius 2 is 1.63 bits per heavy atom. The SMILES string of the molecule is O=C(C1CC1)N1CC(CN2C(=O)C3(CC3)N=C2c2ccc(-c3ccc(N4CCCC4)nc3)cc2)C1. The minimum absolute atomic E-state index is 0.144. The van der Waals surface area contributed by atoms with Crippen LogP contribution in [0, 0.1) is 11.8 Å². The van der Waals surface area contributed by atoms with Gasteiger partial charge in [-0.3, -0.25) is 19.5 Å². The maximum Gasteiger partial charge on any atom is 0.256 e. The molecule has 7 nitrogen and oxygen atoms in total. The number of anilines is 1. The highest BCUT2D eigenvalue weighted by atomic mass is 16.2. The van der Waals surface area contributed by atoms with E-state index in [2.05, 4.69) is 46.3 Å². The Kier molecular flexibility index (Phi) is 4.76. The molecule has 0 N–H and O–H groups in total. The van der Waals surface area contributed by atoms with Crippen molar-refractivity contribution in [1.29, 1.82) is 0 Å². The molecule has 4 heterocycles. The molecule has 0 radical (unpaired) electrons. The zero-order chi connectivity index (χ0) is 23.6. The lowest BCUT2D eigenvalue weighted by Crippen LogP contribution is -2.55. The summed E-state index contributed by atoms with van der Waals surface area (Å²) in [5.74, 6) is 2.90. The summed E-state index contributed by atoms with van der Waals surface area (Å²) in [7, 11) is 0. The number of likely N-dealkylation sites (tertiary alicyclic amines) is 1. The van der Waals surface area contributed by atoms with Crippen molar-refractivity contribution in [3.05, 3.63) is 48.2 Å². The Hall–Kier alpha value is -3.22. The molecule has 1 aromatic heterocycles. The number of carbonyl (C=O) groups excluding carboxylic acids is 2. The first-order chi connectivity index (χ1) is 17.1. The van der Waals surface area contributed by atoms with Crippen molar-refractivity contribution in [2.24, 2.45) is 16.8 Å². The summed E-state index contributed by atoms with van der Waals surface area (Å²) in [4.78, 5) is 41.3. The molecule has 35 heavy (non-hydrogen) atoms. The lowest BCUT2D eigenvalue weighted by molar-refractivity contribution is -0.139. The van der Waals surface area contributed by atoms with Crippen LogP contribution in [0.2, 0.25) is 0 Å². The molecule has 2 saturated carbocycles. The fourth-order valence-corrected chi connectivity index (χ4v) is 5.71. The van der Waals surface area contributed by atoms with E-state index in [4.69, 9.17) is 4.99 Å². The second kappa shape index (κ2) is 7.90. The van der Waals surface area contributed by atoms with Crippen molar-refractivity contribution >= 4 is 23.5 Å². The first-order valence-corrected chi connectivity index (χ1v) is 13.1. The standard InChI is InChI=1S/C28H31N5O2/c34-26(22-7-8-22)32-16-19(17-32)18-33-25(30-28(11-12-28)27(33)35)21-5-3-20(4-6-21)23-9-10-24(29-15-23)31-13-1-2-14-31/h3-6,9-10,15,19,22H,1-2,7-8,11-14,16-18H2. The fraction of sp³-hybridized carbons (Fsp3) is 0.500. The van der Waals surface area contributed by atoms with Crippen LogP contribution in [-0.4, -0.2) is 70.7 Å². The Morgan fingerprint density at radius 3 is 2.26 bits per heavy atom. The molecule has 0 bridgehead atoms. The molecule has 2 saturated heterocycles. The first kappa shape index (κ1) is 21.1. The second-order valence-corrected chi connectivity index (χ2v) is 10.9. The number of amidine groups is 1. The van der Waals surface area contributed by atoms with Gasteiger partial charge in [0.15, 0.2) is 0 Å². The third kappa shape index (κ3) is 3.72. The van der Waals surface area contributed by atoms with Crippen molar-refractivity contribution in [3.8, 4) is 11.1 Å². The van der Waals surface area contributed by atoms with E-state index < -0.39 is 5.54 Å². The number of benzene rings is 1. The number of amides is 2. The molecule has 180 valence electrons. The molecule has 3 aliphatic heterocycles. The summed E-state index contributed by atoms with van der Waals surface area (Å²) in [6.07, 6.45) is 8.21. The van der Waals surface area contributed by atoms with Gasteiger partial charge in [0.25, 0.3) is 5.91 Å². The summed E-state index contributed by atoms with van der Waals surface area (Å²) in [6, 6.07) is 12.6. The van der Waals surface area contributed by atoms with E-state index in [1.54, 1.807) is 0 Å². The van der Waals surface area contributed by atoms with Crippen LogP contribution >= 0.6 is 0 Å². The first-order valence-electron chi connectivity index (χ1n) is 13.1. The number of aromatic nitrogens is 1. The minimum atomic E-state index is -0.517. The van der Waals surface area contributed by atoms with Gasteiger partial charge in [-0.05, 0) is 56.2 Å². The van der Waals surface area contributed by atoms with Crippen molar-refractivity contribution in [2.75, 3.05) is 37.6 Å². The van der Waals surface area contributed by atoms with Gasteiger partial charge in [-0.15, -0.1) is 0 Å². The molecule has 2 amide bonds. The lowest BCUT2D eigenvalue weighted by atomic mass is 9.98. The van der Waals surface area contributed by atoms with Crippen LogP contribution in [0.15, 0.2) is 47.6 Å². The smallest absolute Gasteiger partial charge is 0.256 e. The molecule has 4 fully saturated rings. The monoisotopic (exact) mass is 469 g/mol. The summed E-state index contributed by atoms with van der Waals surface area (Å²) in [6.45, 7) is 4.36. The van der Waals surface area contributed by atoms with Crippen molar-refractivity contribution in [1.82, 2.24) is 14.8 Å². The number of hydrogen-bond donors (Lipinski definition) is 0. The Labute approximate surface area is 205 Å². The van der Waals surface area contributed by atoms with Gasteiger partial charge < -0.3 is 9.80 Å². The number of pyridine rings is 1. The molecule has 2 aromatic rings. The number of carbonyl (C=O) groups is 2. The molecular formula is C28H31N5O2. The van der Waals surface area contributed by atoms with Gasteiger partial charge in [-0.2, -0.15) is 0 Å². The summed E-state index contributed by atoms with van der Waals surface area (Å²) in [5, 5.41) is 0. The molecule has 7 rings (SSSR count). The minimum Gasteiger partial charge on any atom is -0.357 e. The van der Waals surface area contributed by atoms with E-state index in [-0.39, 0.29) is 11.8 Å². The van der Waals surface area contributed by atoms with E-state index in [9.17, 15) is 9.59 Å². The molecule has 2 aliphatic carbocycles. The number of nitrogens with zero attached hydrogens (tertiary/aromatic N) is 5. The molecule has 0 unspecified atom stereocenters. The Morgan fingerprint density at radius 1 is 0.943 bits per heavy atom. The quantitative estimate of drug-likeness (QED) is 0.651. The third-order valence-electron chi connectivity index (χ3n) is 8.23. The highest BCUT2D eigenvalue weighted by Gasteiger charge is 2.57. The zero-order valence-electron chi connectivity index (χ0n) is 20.0. The van der Waals surface area contributed by atoms with Crippen molar-refractivity contribution in [3.63, 3.8) is 0 Å². The van der Waals surface area contributed by atoms with Gasteiger partial charge in [-0.25, -0.2) is 4.98 Å². The maximum absolute atomic E-state index is 13.2. The summed E-state index contributed by atoms with van der Waals surface area (Å²) >= 11 is 0. The Balaban J connectivity index is 1.06. The second-order valence-electron chi connectivity index (χ2n) is 10.9. The van der Waals surface area contributed by atoms with Crippen molar-refractivity contribution in [2.45, 2.75) is 44.1 Å². The van der Waals surface area contributed by atoms with Gasteiger partial charge in [-0.1, -0.05) is 24.3 Å². The molecule has 1 aromatic carbocycles. The number of hydrogen-bond acceptors (Lipinski definition) is 5. The van der Waals surface area contributed by atoms with E-state index in [1.807, 2.05) is 16.0 Å². The van der Waals surface area contributed by atoms with E-state index >= 15 is 0 Å². The molecule has 7 heteroatoms. The predicted molar refractivity (Wildman–Crippen MR) is 134 cm³/mol. The van der Waals surface area contributed by atoms with E-state index in [0.29, 0.717) is 18.4 Å². The summed E-state index contributed by atoms with van der Waals surface area (Å²) < 4.78 is 0. The van der Waals surface area contributed by atoms with Crippen LogP contribution in [0.5, 0.6) is 0 Å². The third-order valence-corrected chi connectivity index (χ3v) is 8.23. The largest absolute Gasteiger partial charge is 0.357 e. The molecule has 5 aliphatic rings. The fourth-order valence-electron chi connectivity index (χ4n) is 5.71. The van der Waals surface area contributed by atoms with Crippen LogP contribution in [-0.2, 0) is 9.59 Å². The lowest BCUT2D eigenvalue weighted by Gasteiger charge is -2.41.